The number of halogens is 1. The molecule has 0 aromatic heterocycles. The molecule has 0 saturated carbocycles. The summed E-state index contributed by atoms with van der Waals surface area (Å²) >= 11 is 6.18. The molecule has 1 aliphatic rings. The van der Waals surface area contributed by atoms with Crippen LogP contribution in [0.4, 0.5) is 4.79 Å². The van der Waals surface area contributed by atoms with Gasteiger partial charge in [0.05, 0.1) is 14.8 Å². The maximum atomic E-state index is 13.3. The van der Waals surface area contributed by atoms with Gasteiger partial charge >= 0.3 is 6.09 Å². The third kappa shape index (κ3) is 6.06. The summed E-state index contributed by atoms with van der Waals surface area (Å²) in [5.41, 5.74) is -0.629. The van der Waals surface area contributed by atoms with E-state index in [0.717, 1.165) is 6.07 Å². The highest BCUT2D eigenvalue weighted by atomic mass is 35.5. The van der Waals surface area contributed by atoms with Crippen molar-refractivity contribution in [2.45, 2.75) is 59.9 Å². The van der Waals surface area contributed by atoms with Crippen LogP contribution in [0.1, 0.15) is 33.6 Å². The second kappa shape index (κ2) is 9.61. The number of rotatable bonds is 5. The minimum absolute atomic E-state index is 0.0592. The number of alkyl carbamates (subject to hydrolysis) is 1. The maximum absolute atomic E-state index is 13.3. The lowest BCUT2D eigenvalue weighted by Gasteiger charge is -2.32. The number of nitrogens with one attached hydrogen (secondary N) is 1. The molecule has 1 aliphatic heterocycles. The average molecular weight is 515 g/mol. The number of sulfonamides is 1. The molecule has 2 aromatic rings. The third-order valence-electron chi connectivity index (χ3n) is 5.06. The number of amides is 1. The summed E-state index contributed by atoms with van der Waals surface area (Å²) in [6.07, 6.45) is 0.224. The number of benzene rings is 2. The van der Waals surface area contributed by atoms with Gasteiger partial charge in [-0.2, -0.15) is 4.31 Å². The first-order valence-electron chi connectivity index (χ1n) is 10.4. The number of hydrogen-bond donors (Lipinski definition) is 1. The smallest absolute Gasteiger partial charge is 0.407 e. The number of piperidine rings is 1. The van der Waals surface area contributed by atoms with Crippen LogP contribution in [0.2, 0.25) is 5.02 Å². The molecule has 0 aliphatic carbocycles. The molecule has 1 amide bonds. The van der Waals surface area contributed by atoms with Crippen LogP contribution in [0.3, 0.4) is 0 Å². The lowest BCUT2D eigenvalue weighted by atomic mass is 10.1. The van der Waals surface area contributed by atoms with Crippen molar-refractivity contribution in [3.63, 3.8) is 0 Å². The fraction of sp³-hybridized carbons (Fsp3) is 0.409. The Hall–Kier alpha value is -2.14. The van der Waals surface area contributed by atoms with Crippen molar-refractivity contribution < 1.29 is 26.4 Å². The lowest BCUT2D eigenvalue weighted by molar-refractivity contribution is 0.0489. The topological polar surface area (TPSA) is 110 Å². The van der Waals surface area contributed by atoms with E-state index in [9.17, 15) is 21.6 Å². The summed E-state index contributed by atoms with van der Waals surface area (Å²) in [7, 11) is -7.95. The lowest BCUT2D eigenvalue weighted by Crippen LogP contribution is -2.47. The number of carbonyl (C=O) groups is 1. The predicted molar refractivity (Wildman–Crippen MR) is 124 cm³/mol. The molecule has 8 nitrogen and oxygen atoms in total. The van der Waals surface area contributed by atoms with Gasteiger partial charge in [0.1, 0.15) is 10.5 Å². The van der Waals surface area contributed by atoms with Crippen LogP contribution >= 0.6 is 11.6 Å². The zero-order valence-corrected chi connectivity index (χ0v) is 21.0. The van der Waals surface area contributed by atoms with Crippen LogP contribution in [0.15, 0.2) is 63.2 Å². The van der Waals surface area contributed by atoms with Crippen LogP contribution in [-0.4, -0.2) is 52.0 Å². The molecule has 0 atom stereocenters. The third-order valence-corrected chi connectivity index (χ3v) is 9.21. The van der Waals surface area contributed by atoms with E-state index in [2.05, 4.69) is 5.32 Å². The van der Waals surface area contributed by atoms with Crippen molar-refractivity contribution in [3.05, 3.63) is 53.6 Å². The first-order chi connectivity index (χ1) is 15.3. The highest BCUT2D eigenvalue weighted by Crippen LogP contribution is 2.31. The molecule has 180 valence electrons. The normalized spacial score (nSPS) is 16.4. The zero-order chi connectivity index (χ0) is 24.4. The van der Waals surface area contributed by atoms with Gasteiger partial charge < -0.3 is 10.1 Å². The van der Waals surface area contributed by atoms with Crippen LogP contribution < -0.4 is 5.32 Å². The van der Waals surface area contributed by atoms with E-state index in [1.807, 2.05) is 0 Å². The highest BCUT2D eigenvalue weighted by molar-refractivity contribution is 7.91. The largest absolute Gasteiger partial charge is 0.444 e. The maximum Gasteiger partial charge on any atom is 0.407 e. The Morgan fingerprint density at radius 1 is 1.00 bits per heavy atom. The Kier molecular flexibility index (Phi) is 7.42. The zero-order valence-electron chi connectivity index (χ0n) is 18.6. The molecule has 0 spiro atoms. The summed E-state index contributed by atoms with van der Waals surface area (Å²) in [5.74, 6) is 0. The predicted octanol–water partition coefficient (Wildman–Crippen LogP) is 3.85. The minimum atomic E-state index is -4.05. The van der Waals surface area contributed by atoms with E-state index in [1.165, 1.54) is 28.6 Å². The van der Waals surface area contributed by atoms with Crippen molar-refractivity contribution in [2.75, 3.05) is 13.1 Å². The van der Waals surface area contributed by atoms with Crippen LogP contribution in [0.25, 0.3) is 0 Å². The molecule has 0 radical (unpaired) electrons. The standard InChI is InChI=1S/C22H27ClN2O6S2/c1-22(2,3)31-21(26)24-16-11-13-25(14-12-16)33(29,30)20-15-18(9-10-19(20)23)32(27,28)17-7-5-4-6-8-17/h4-10,15-16H,11-14H2,1-3H3,(H,24,26). The van der Waals surface area contributed by atoms with E-state index in [4.69, 9.17) is 16.3 Å². The van der Waals surface area contributed by atoms with Gasteiger partial charge in [-0.25, -0.2) is 21.6 Å². The van der Waals surface area contributed by atoms with Crippen LogP contribution in [0.5, 0.6) is 0 Å². The molecule has 33 heavy (non-hydrogen) atoms. The Balaban J connectivity index is 1.77. The van der Waals surface area contributed by atoms with Crippen molar-refractivity contribution in [1.29, 1.82) is 0 Å². The molecule has 0 bridgehead atoms. The molecule has 1 N–H and O–H groups in total. The van der Waals surface area contributed by atoms with Gasteiger partial charge in [0.25, 0.3) is 0 Å². The summed E-state index contributed by atoms with van der Waals surface area (Å²) in [5, 5.41) is 2.70. The van der Waals surface area contributed by atoms with E-state index in [1.54, 1.807) is 39.0 Å². The minimum Gasteiger partial charge on any atom is -0.444 e. The monoisotopic (exact) mass is 514 g/mol. The Labute approximate surface area is 199 Å². The van der Waals surface area contributed by atoms with Gasteiger partial charge in [0.15, 0.2) is 0 Å². The van der Waals surface area contributed by atoms with Crippen molar-refractivity contribution in [2.24, 2.45) is 0 Å². The van der Waals surface area contributed by atoms with E-state index in [-0.39, 0.29) is 38.8 Å². The van der Waals surface area contributed by atoms with Crippen LogP contribution in [-0.2, 0) is 24.6 Å². The van der Waals surface area contributed by atoms with Gasteiger partial charge in [0, 0.05) is 19.1 Å². The first kappa shape index (κ1) is 25.5. The molecular formula is C22H27ClN2O6S2. The molecular weight excluding hydrogens is 488 g/mol. The summed E-state index contributed by atoms with van der Waals surface area (Å²) in [6.45, 7) is 5.58. The highest BCUT2D eigenvalue weighted by Gasteiger charge is 2.33. The molecule has 1 fully saturated rings. The SMILES string of the molecule is CC(C)(C)OC(=O)NC1CCN(S(=O)(=O)c2cc(S(=O)(=O)c3ccccc3)ccc2Cl)CC1. The number of hydrogen-bond acceptors (Lipinski definition) is 6. The molecule has 2 aromatic carbocycles. The molecule has 3 rings (SSSR count). The molecule has 0 unspecified atom stereocenters. The van der Waals surface area contributed by atoms with Crippen molar-refractivity contribution in [3.8, 4) is 0 Å². The second-order valence-electron chi connectivity index (χ2n) is 8.73. The fourth-order valence-electron chi connectivity index (χ4n) is 3.44. The second-order valence-corrected chi connectivity index (χ2v) is 13.0. The Bertz CT molecular complexity index is 1220. The van der Waals surface area contributed by atoms with Crippen molar-refractivity contribution >= 4 is 37.6 Å². The van der Waals surface area contributed by atoms with Gasteiger partial charge in [-0.3, -0.25) is 0 Å². The summed E-state index contributed by atoms with van der Waals surface area (Å²) < 4.78 is 58.9. The van der Waals surface area contributed by atoms with E-state index < -0.39 is 31.6 Å². The number of carbonyl (C=O) groups excluding carboxylic acids is 1. The quantitative estimate of drug-likeness (QED) is 0.649. The molecule has 1 heterocycles. The molecule has 1 saturated heterocycles. The van der Waals surface area contributed by atoms with Gasteiger partial charge in [0.2, 0.25) is 19.9 Å². The van der Waals surface area contributed by atoms with E-state index in [0.29, 0.717) is 12.8 Å². The average Bonchev–Trinajstić information content (AvgIpc) is 2.73. The van der Waals surface area contributed by atoms with Gasteiger partial charge in [-0.05, 0) is 63.9 Å². The van der Waals surface area contributed by atoms with Gasteiger partial charge in [-0.1, -0.05) is 29.8 Å². The van der Waals surface area contributed by atoms with E-state index >= 15 is 0 Å². The van der Waals surface area contributed by atoms with Crippen LogP contribution in [0, 0.1) is 0 Å². The fourth-order valence-corrected chi connectivity index (χ4v) is 6.79. The number of sulfone groups is 1. The summed E-state index contributed by atoms with van der Waals surface area (Å²) in [6, 6.07) is 11.2. The Morgan fingerprint density at radius 2 is 1.61 bits per heavy atom. The number of ether oxygens (including phenoxy) is 1. The summed E-state index contributed by atoms with van der Waals surface area (Å²) in [4.78, 5) is 11.6. The number of nitrogens with zero attached hydrogens (tertiary/aromatic N) is 1. The van der Waals surface area contributed by atoms with Crippen molar-refractivity contribution in [1.82, 2.24) is 9.62 Å². The Morgan fingerprint density at radius 3 is 2.18 bits per heavy atom. The van der Waals surface area contributed by atoms with Gasteiger partial charge in [-0.15, -0.1) is 0 Å². The molecule has 11 heteroatoms. The first-order valence-corrected chi connectivity index (χ1v) is 13.7.